The fraction of sp³-hybridized carbons (Fsp3) is 0.179. The summed E-state index contributed by atoms with van der Waals surface area (Å²) in [6, 6.07) is 7.28. The Morgan fingerprint density at radius 3 is 2.58 bits per heavy atom. The topological polar surface area (TPSA) is 149 Å². The molecule has 0 aliphatic carbocycles. The van der Waals surface area contributed by atoms with E-state index in [0.29, 0.717) is 35.3 Å². The minimum atomic E-state index is -0.284. The number of aromatic nitrogens is 6. The minimum absolute atomic E-state index is 0.281. The van der Waals surface area contributed by atoms with Gasteiger partial charge in [-0.25, -0.2) is 9.97 Å². The van der Waals surface area contributed by atoms with Gasteiger partial charge in [-0.2, -0.15) is 5.10 Å². The van der Waals surface area contributed by atoms with Crippen LogP contribution in [0, 0.1) is 0 Å². The van der Waals surface area contributed by atoms with E-state index in [2.05, 4.69) is 25.0 Å². The molecule has 0 unspecified atom stereocenters. The predicted molar refractivity (Wildman–Crippen MR) is 155 cm³/mol. The van der Waals surface area contributed by atoms with Crippen LogP contribution in [0.1, 0.15) is 0 Å². The molecule has 202 valence electrons. The maximum absolute atomic E-state index is 6.37. The van der Waals surface area contributed by atoms with Crippen molar-refractivity contribution in [2.45, 2.75) is 12.6 Å². The molecule has 0 radical (unpaired) electrons. The van der Waals surface area contributed by atoms with Crippen molar-refractivity contribution in [3.63, 3.8) is 0 Å². The molecule has 11 nitrogen and oxygen atoms in total. The number of rotatable bonds is 9. The normalized spacial score (nSPS) is 12.1. The fourth-order valence-electron chi connectivity index (χ4n) is 4.48. The van der Waals surface area contributed by atoms with Crippen LogP contribution in [0.15, 0.2) is 66.8 Å². The molecule has 0 saturated heterocycles. The lowest BCUT2D eigenvalue weighted by Crippen LogP contribution is -2.32. The molecule has 0 spiro atoms. The molecular formula is C28H26N8O3S. The van der Waals surface area contributed by atoms with Gasteiger partial charge in [0.2, 0.25) is 0 Å². The molecule has 40 heavy (non-hydrogen) atoms. The molecule has 0 aliphatic heterocycles. The standard InChI is InChI=1S/C28H26N8O3S/c1-37-25-7-21-20-6-23(35-27(30)22(20)12-33-24(21)8-26(25)38-2)16-5-19(11-31-9-16)39-15-18(29)14-36-13-17(10-34-36)28-32-3-4-40-28/h3-13,18H,14-15,29H2,1-2H3,(H2,30,35)/t18-/m0/s1. The van der Waals surface area contributed by atoms with Crippen molar-refractivity contribution in [3.05, 3.63) is 66.8 Å². The summed E-state index contributed by atoms with van der Waals surface area (Å²) in [6.45, 7) is 0.777. The van der Waals surface area contributed by atoms with Gasteiger partial charge in [0.25, 0.3) is 0 Å². The van der Waals surface area contributed by atoms with Gasteiger partial charge in [-0.15, -0.1) is 11.3 Å². The van der Waals surface area contributed by atoms with Crippen molar-refractivity contribution in [2.24, 2.45) is 5.73 Å². The zero-order valence-electron chi connectivity index (χ0n) is 21.8. The number of ether oxygens (including phenoxy) is 3. The summed E-state index contributed by atoms with van der Waals surface area (Å²) >= 11 is 1.57. The molecule has 0 saturated carbocycles. The molecule has 5 heterocycles. The first-order valence-corrected chi connectivity index (χ1v) is 13.3. The Kier molecular flexibility index (Phi) is 6.84. The van der Waals surface area contributed by atoms with E-state index in [1.165, 1.54) is 0 Å². The summed E-state index contributed by atoms with van der Waals surface area (Å²) in [4.78, 5) is 17.8. The highest BCUT2D eigenvalue weighted by molar-refractivity contribution is 7.13. The number of fused-ring (bicyclic) bond motifs is 3. The van der Waals surface area contributed by atoms with Crippen LogP contribution < -0.4 is 25.7 Å². The highest BCUT2D eigenvalue weighted by Crippen LogP contribution is 2.37. The van der Waals surface area contributed by atoms with E-state index in [1.807, 2.05) is 35.8 Å². The molecule has 6 aromatic rings. The lowest BCUT2D eigenvalue weighted by molar-refractivity contribution is 0.271. The maximum Gasteiger partial charge on any atom is 0.162 e. The average molecular weight is 555 g/mol. The molecule has 1 atom stereocenters. The molecule has 0 aliphatic rings. The van der Waals surface area contributed by atoms with Crippen molar-refractivity contribution in [1.82, 2.24) is 29.7 Å². The van der Waals surface area contributed by atoms with Crippen molar-refractivity contribution in [2.75, 3.05) is 26.6 Å². The van der Waals surface area contributed by atoms with E-state index in [1.54, 1.807) is 61.2 Å². The number of hydrogen-bond donors (Lipinski definition) is 2. The van der Waals surface area contributed by atoms with E-state index in [-0.39, 0.29) is 12.6 Å². The van der Waals surface area contributed by atoms with Crippen LogP contribution in [-0.2, 0) is 6.54 Å². The molecule has 4 N–H and O–H groups in total. The van der Waals surface area contributed by atoms with Crippen molar-refractivity contribution >= 4 is 38.8 Å². The van der Waals surface area contributed by atoms with Gasteiger partial charge in [-0.3, -0.25) is 14.6 Å². The third kappa shape index (κ3) is 4.97. The van der Waals surface area contributed by atoms with Gasteiger partial charge in [0.1, 0.15) is 23.2 Å². The zero-order chi connectivity index (χ0) is 27.6. The van der Waals surface area contributed by atoms with Gasteiger partial charge < -0.3 is 25.7 Å². The first-order chi connectivity index (χ1) is 19.5. The molecule has 0 fully saturated rings. The van der Waals surface area contributed by atoms with E-state index in [0.717, 1.165) is 37.8 Å². The zero-order valence-corrected chi connectivity index (χ0v) is 22.6. The fourth-order valence-corrected chi connectivity index (χ4v) is 5.09. The molecule has 1 aromatic carbocycles. The first-order valence-electron chi connectivity index (χ1n) is 12.4. The van der Waals surface area contributed by atoms with Gasteiger partial charge in [0.15, 0.2) is 11.5 Å². The molecule has 0 amide bonds. The highest BCUT2D eigenvalue weighted by atomic mass is 32.1. The first kappa shape index (κ1) is 25.5. The van der Waals surface area contributed by atoms with Crippen LogP contribution in [0.5, 0.6) is 17.2 Å². The van der Waals surface area contributed by atoms with Gasteiger partial charge >= 0.3 is 0 Å². The molecule has 0 bridgehead atoms. The summed E-state index contributed by atoms with van der Waals surface area (Å²) in [6.07, 6.45) is 10.6. The number of benzene rings is 1. The molecule has 5 aromatic heterocycles. The van der Waals surface area contributed by atoms with Crippen LogP contribution in [0.4, 0.5) is 5.82 Å². The summed E-state index contributed by atoms with van der Waals surface area (Å²) in [5.74, 6) is 2.14. The number of methoxy groups -OCH3 is 2. The number of anilines is 1. The lowest BCUT2D eigenvalue weighted by Gasteiger charge is -2.14. The predicted octanol–water partition coefficient (Wildman–Crippen LogP) is 4.17. The van der Waals surface area contributed by atoms with Gasteiger partial charge in [0, 0.05) is 58.1 Å². The van der Waals surface area contributed by atoms with E-state index >= 15 is 0 Å². The summed E-state index contributed by atoms with van der Waals surface area (Å²) < 4.78 is 18.7. The Labute approximate surface area is 233 Å². The minimum Gasteiger partial charge on any atom is -0.493 e. The number of nitrogens with two attached hydrogens (primary N) is 2. The van der Waals surface area contributed by atoms with Gasteiger partial charge in [-0.05, 0) is 23.6 Å². The van der Waals surface area contributed by atoms with Crippen LogP contribution in [0.25, 0.3) is 43.5 Å². The molecular weight excluding hydrogens is 528 g/mol. The smallest absolute Gasteiger partial charge is 0.162 e. The summed E-state index contributed by atoms with van der Waals surface area (Å²) in [7, 11) is 3.19. The Hall–Kier alpha value is -4.81. The lowest BCUT2D eigenvalue weighted by atomic mass is 10.0. The van der Waals surface area contributed by atoms with E-state index < -0.39 is 0 Å². The number of nitrogens with zero attached hydrogens (tertiary/aromatic N) is 6. The number of nitrogen functional groups attached to an aromatic ring is 1. The van der Waals surface area contributed by atoms with Crippen molar-refractivity contribution in [1.29, 1.82) is 0 Å². The number of thiazole rings is 1. The number of hydrogen-bond acceptors (Lipinski definition) is 11. The van der Waals surface area contributed by atoms with Crippen molar-refractivity contribution in [3.8, 4) is 39.1 Å². The molecule has 12 heteroatoms. The average Bonchev–Trinajstić information content (AvgIpc) is 3.68. The quantitative estimate of drug-likeness (QED) is 0.249. The van der Waals surface area contributed by atoms with Gasteiger partial charge in [0.05, 0.1) is 50.4 Å². The van der Waals surface area contributed by atoms with E-state index in [9.17, 15) is 0 Å². The second-order valence-electron chi connectivity index (χ2n) is 9.11. The van der Waals surface area contributed by atoms with Crippen LogP contribution in [0.3, 0.4) is 0 Å². The van der Waals surface area contributed by atoms with E-state index in [4.69, 9.17) is 25.7 Å². The second kappa shape index (κ2) is 10.8. The van der Waals surface area contributed by atoms with Crippen molar-refractivity contribution < 1.29 is 14.2 Å². The Bertz CT molecular complexity index is 1810. The summed E-state index contributed by atoms with van der Waals surface area (Å²) in [5, 5.41) is 9.75. The Balaban J connectivity index is 1.23. The monoisotopic (exact) mass is 554 g/mol. The third-order valence-corrected chi connectivity index (χ3v) is 7.24. The molecule has 6 rings (SSSR count). The largest absolute Gasteiger partial charge is 0.493 e. The Morgan fingerprint density at radius 1 is 0.925 bits per heavy atom. The van der Waals surface area contributed by atoms with Crippen LogP contribution >= 0.6 is 11.3 Å². The summed E-state index contributed by atoms with van der Waals surface area (Å²) in [5.41, 5.74) is 15.8. The third-order valence-electron chi connectivity index (χ3n) is 6.42. The van der Waals surface area contributed by atoms with Crippen LogP contribution in [-0.4, -0.2) is 56.6 Å². The Morgan fingerprint density at radius 2 is 1.77 bits per heavy atom. The SMILES string of the molecule is COc1cc2ncc3c(N)nc(-c4cncc(OC[C@@H](N)Cn5cc(-c6nccs6)cn5)c4)cc3c2cc1OC. The van der Waals surface area contributed by atoms with Crippen LogP contribution in [0.2, 0.25) is 0 Å². The van der Waals surface area contributed by atoms with Gasteiger partial charge in [-0.1, -0.05) is 0 Å². The second-order valence-corrected chi connectivity index (χ2v) is 10.00. The number of pyridine rings is 3. The highest BCUT2D eigenvalue weighted by Gasteiger charge is 2.15. The maximum atomic E-state index is 6.37.